The van der Waals surface area contributed by atoms with Crippen LogP contribution in [0, 0.1) is 5.82 Å². The van der Waals surface area contributed by atoms with E-state index in [1.54, 1.807) is 12.1 Å². The number of rotatable bonds is 5. The second-order valence-corrected chi connectivity index (χ2v) is 7.04. The van der Waals surface area contributed by atoms with Crippen LogP contribution in [0.5, 0.6) is 0 Å². The molecule has 0 aliphatic rings. The minimum absolute atomic E-state index is 0.0257. The second kappa shape index (κ2) is 7.10. The van der Waals surface area contributed by atoms with Crippen molar-refractivity contribution in [3.63, 3.8) is 0 Å². The molecule has 1 aromatic heterocycles. The van der Waals surface area contributed by atoms with E-state index in [2.05, 4.69) is 5.32 Å². The lowest BCUT2D eigenvalue weighted by molar-refractivity contribution is 0.550. The molecule has 20 heavy (non-hydrogen) atoms. The number of hydrogen-bond acceptors (Lipinski definition) is 2. The van der Waals surface area contributed by atoms with Crippen molar-refractivity contribution >= 4 is 46.1 Å². The molecule has 0 fully saturated rings. The number of halogens is 4. The summed E-state index contributed by atoms with van der Waals surface area (Å²) in [7, 11) is 0. The largest absolute Gasteiger partial charge is 0.310 e. The van der Waals surface area contributed by atoms with E-state index in [1.165, 1.54) is 17.4 Å². The summed E-state index contributed by atoms with van der Waals surface area (Å²) in [6.07, 6.45) is 0.667. The highest BCUT2D eigenvalue weighted by molar-refractivity contribution is 7.20. The number of thiophene rings is 1. The third-order valence-corrected chi connectivity index (χ3v) is 4.74. The average molecular weight is 353 g/mol. The maximum Gasteiger partial charge on any atom is 0.141 e. The van der Waals surface area contributed by atoms with Crippen LogP contribution in [-0.2, 0) is 6.42 Å². The Morgan fingerprint density at radius 2 is 2.00 bits per heavy atom. The lowest BCUT2D eigenvalue weighted by Gasteiger charge is -2.18. The van der Waals surface area contributed by atoms with Gasteiger partial charge in [0.25, 0.3) is 0 Å². The molecule has 1 unspecified atom stereocenters. The zero-order valence-electron chi connectivity index (χ0n) is 10.7. The highest BCUT2D eigenvalue weighted by Gasteiger charge is 2.18. The summed E-state index contributed by atoms with van der Waals surface area (Å²) in [6.45, 7) is 2.82. The lowest BCUT2D eigenvalue weighted by atomic mass is 10.0. The van der Waals surface area contributed by atoms with E-state index in [1.807, 2.05) is 13.0 Å². The highest BCUT2D eigenvalue weighted by Crippen LogP contribution is 2.36. The van der Waals surface area contributed by atoms with Crippen LogP contribution in [0.25, 0.3) is 0 Å². The first kappa shape index (κ1) is 16.1. The average Bonchev–Trinajstić information content (AvgIpc) is 2.72. The van der Waals surface area contributed by atoms with Crippen molar-refractivity contribution in [2.24, 2.45) is 0 Å². The molecule has 0 saturated heterocycles. The SMILES string of the molecule is CCNC(Cc1ccc(F)c(Cl)c1)c1cc(Cl)sc1Cl. The third-order valence-electron chi connectivity index (χ3n) is 2.93. The third kappa shape index (κ3) is 3.86. The van der Waals surface area contributed by atoms with Gasteiger partial charge in [0.15, 0.2) is 0 Å². The molecule has 2 rings (SSSR count). The van der Waals surface area contributed by atoms with Crippen molar-refractivity contribution < 1.29 is 4.39 Å². The molecule has 0 saturated carbocycles. The van der Waals surface area contributed by atoms with Gasteiger partial charge in [-0.3, -0.25) is 0 Å². The smallest absolute Gasteiger partial charge is 0.141 e. The molecular weight excluding hydrogens is 340 g/mol. The zero-order chi connectivity index (χ0) is 14.7. The Hall–Kier alpha value is -0.320. The Labute approximate surface area is 136 Å². The van der Waals surface area contributed by atoms with Crippen LogP contribution in [0.3, 0.4) is 0 Å². The number of hydrogen-bond donors (Lipinski definition) is 1. The highest BCUT2D eigenvalue weighted by atomic mass is 35.5. The first-order chi connectivity index (χ1) is 9.51. The predicted molar refractivity (Wildman–Crippen MR) is 85.9 cm³/mol. The molecule has 1 aromatic carbocycles. The fourth-order valence-electron chi connectivity index (χ4n) is 2.03. The molecule has 0 amide bonds. The summed E-state index contributed by atoms with van der Waals surface area (Å²) >= 11 is 19.4. The van der Waals surface area contributed by atoms with E-state index < -0.39 is 5.82 Å². The summed E-state index contributed by atoms with van der Waals surface area (Å²) in [5.74, 6) is -0.410. The van der Waals surface area contributed by atoms with Crippen molar-refractivity contribution in [2.75, 3.05) is 6.54 Å². The van der Waals surface area contributed by atoms with Crippen LogP contribution in [0.4, 0.5) is 4.39 Å². The first-order valence-electron chi connectivity index (χ1n) is 6.13. The normalized spacial score (nSPS) is 12.7. The van der Waals surface area contributed by atoms with Gasteiger partial charge in [-0.15, -0.1) is 11.3 Å². The molecule has 6 heteroatoms. The fraction of sp³-hybridized carbons (Fsp3) is 0.286. The Bertz CT molecular complexity index is 600. The van der Waals surface area contributed by atoms with Crippen LogP contribution in [-0.4, -0.2) is 6.54 Å². The van der Waals surface area contributed by atoms with Gasteiger partial charge in [0, 0.05) is 11.6 Å². The zero-order valence-corrected chi connectivity index (χ0v) is 13.8. The van der Waals surface area contributed by atoms with Crippen LogP contribution >= 0.6 is 46.1 Å². The van der Waals surface area contributed by atoms with Crippen molar-refractivity contribution in [1.82, 2.24) is 5.32 Å². The van der Waals surface area contributed by atoms with Crippen LogP contribution in [0.1, 0.15) is 24.1 Å². The lowest BCUT2D eigenvalue weighted by Crippen LogP contribution is -2.22. The topological polar surface area (TPSA) is 12.0 Å². The number of benzene rings is 1. The van der Waals surface area contributed by atoms with Crippen molar-refractivity contribution in [3.05, 3.63) is 54.9 Å². The molecule has 2 aromatic rings. The maximum atomic E-state index is 13.2. The van der Waals surface area contributed by atoms with Gasteiger partial charge in [0.1, 0.15) is 5.82 Å². The minimum atomic E-state index is -0.410. The van der Waals surface area contributed by atoms with Gasteiger partial charge in [-0.2, -0.15) is 0 Å². The summed E-state index contributed by atoms with van der Waals surface area (Å²) in [4.78, 5) is 0. The van der Waals surface area contributed by atoms with Gasteiger partial charge in [-0.25, -0.2) is 4.39 Å². The molecule has 1 heterocycles. The molecule has 0 radical (unpaired) electrons. The van der Waals surface area contributed by atoms with Crippen molar-refractivity contribution in [1.29, 1.82) is 0 Å². The van der Waals surface area contributed by atoms with Crippen molar-refractivity contribution in [2.45, 2.75) is 19.4 Å². The number of nitrogens with one attached hydrogen (secondary N) is 1. The standard InChI is InChI=1S/C14H13Cl3FNS/c1-2-19-12(9-7-13(16)20-14(9)17)6-8-3-4-11(18)10(15)5-8/h3-5,7,12,19H,2,6H2,1H3. The summed E-state index contributed by atoms with van der Waals surface area (Å²) in [5.41, 5.74) is 1.91. The maximum absolute atomic E-state index is 13.2. The van der Waals surface area contributed by atoms with Crippen LogP contribution < -0.4 is 5.32 Å². The van der Waals surface area contributed by atoms with Crippen molar-refractivity contribution in [3.8, 4) is 0 Å². The molecule has 0 spiro atoms. The molecule has 0 aliphatic heterocycles. The Morgan fingerprint density at radius 1 is 1.25 bits per heavy atom. The van der Waals surface area contributed by atoms with Gasteiger partial charge < -0.3 is 5.32 Å². The van der Waals surface area contributed by atoms with E-state index in [-0.39, 0.29) is 11.1 Å². The summed E-state index contributed by atoms with van der Waals surface area (Å²) in [5, 5.41) is 3.49. The van der Waals surface area contributed by atoms with E-state index in [9.17, 15) is 4.39 Å². The molecule has 1 N–H and O–H groups in total. The molecule has 108 valence electrons. The summed E-state index contributed by atoms with van der Waals surface area (Å²) in [6, 6.07) is 6.64. The quantitative estimate of drug-likeness (QED) is 0.723. The van der Waals surface area contributed by atoms with E-state index in [4.69, 9.17) is 34.8 Å². The molecular formula is C14H13Cl3FNS. The summed E-state index contributed by atoms with van der Waals surface area (Å²) < 4.78 is 14.5. The van der Waals surface area contributed by atoms with Gasteiger partial charge >= 0.3 is 0 Å². The second-order valence-electron chi connectivity index (χ2n) is 4.34. The number of likely N-dealkylation sites (N-methyl/N-ethyl adjacent to an activating group) is 1. The molecule has 0 bridgehead atoms. The minimum Gasteiger partial charge on any atom is -0.310 e. The van der Waals surface area contributed by atoms with Gasteiger partial charge in [-0.05, 0) is 36.7 Å². The molecule has 1 atom stereocenters. The van der Waals surface area contributed by atoms with E-state index >= 15 is 0 Å². The molecule has 0 aliphatic carbocycles. The van der Waals surface area contributed by atoms with Gasteiger partial charge in [-0.1, -0.05) is 47.8 Å². The predicted octanol–water partition coefficient (Wildman–Crippen LogP) is 5.74. The fourth-order valence-corrected chi connectivity index (χ4v) is 3.81. The van der Waals surface area contributed by atoms with Gasteiger partial charge in [0.05, 0.1) is 13.7 Å². The van der Waals surface area contributed by atoms with Crippen LogP contribution in [0.15, 0.2) is 24.3 Å². The Balaban J connectivity index is 2.25. The monoisotopic (exact) mass is 351 g/mol. The van der Waals surface area contributed by atoms with Gasteiger partial charge in [0.2, 0.25) is 0 Å². The first-order valence-corrected chi connectivity index (χ1v) is 8.08. The Morgan fingerprint density at radius 3 is 2.55 bits per heavy atom. The molecule has 1 nitrogen and oxygen atoms in total. The van der Waals surface area contributed by atoms with E-state index in [0.29, 0.717) is 15.1 Å². The Kier molecular flexibility index (Phi) is 5.70. The van der Waals surface area contributed by atoms with E-state index in [0.717, 1.165) is 17.7 Å². The van der Waals surface area contributed by atoms with Crippen LogP contribution in [0.2, 0.25) is 13.7 Å².